The molecule has 3 N–H and O–H groups in total. The van der Waals surface area contributed by atoms with Crippen molar-refractivity contribution in [3.63, 3.8) is 0 Å². The largest absolute Gasteiger partial charge is 0.330 e. The number of hydrogen-bond acceptors (Lipinski definition) is 4. The first kappa shape index (κ1) is 13.2. The Bertz CT molecular complexity index is 549. The molecule has 0 saturated heterocycles. The maximum absolute atomic E-state index is 12.1. The first-order valence-electron chi connectivity index (χ1n) is 6.16. The van der Waals surface area contributed by atoms with E-state index in [1.807, 2.05) is 6.92 Å². The molecule has 2 rings (SSSR count). The van der Waals surface area contributed by atoms with Crippen LogP contribution < -0.4 is 11.1 Å². The van der Waals surface area contributed by atoms with E-state index >= 15 is 0 Å². The third-order valence-corrected chi connectivity index (χ3v) is 2.84. The van der Waals surface area contributed by atoms with Gasteiger partial charge in [0.15, 0.2) is 0 Å². The van der Waals surface area contributed by atoms with E-state index in [2.05, 4.69) is 15.4 Å². The van der Waals surface area contributed by atoms with Crippen LogP contribution in [0.2, 0.25) is 0 Å². The molecule has 0 fully saturated rings. The Kier molecular flexibility index (Phi) is 4.25. The van der Waals surface area contributed by atoms with Gasteiger partial charge in [0.25, 0.3) is 5.91 Å². The SMILES string of the molecule is Cc1c(C(=O)Nc2cccnc2)cnn1CCCN. The molecule has 2 aromatic rings. The van der Waals surface area contributed by atoms with Crippen molar-refractivity contribution in [1.29, 1.82) is 0 Å². The van der Waals surface area contributed by atoms with Crippen molar-refractivity contribution in [3.8, 4) is 0 Å². The number of aromatic nitrogens is 3. The zero-order chi connectivity index (χ0) is 13.7. The summed E-state index contributed by atoms with van der Waals surface area (Å²) in [4.78, 5) is 16.1. The number of carbonyl (C=O) groups is 1. The van der Waals surface area contributed by atoms with Gasteiger partial charge in [-0.2, -0.15) is 5.10 Å². The van der Waals surface area contributed by atoms with Gasteiger partial charge in [0.2, 0.25) is 0 Å². The summed E-state index contributed by atoms with van der Waals surface area (Å²) in [6.07, 6.45) is 5.68. The molecular formula is C13H17N5O. The smallest absolute Gasteiger partial charge is 0.259 e. The first-order valence-corrected chi connectivity index (χ1v) is 6.16. The van der Waals surface area contributed by atoms with Gasteiger partial charge in [0.05, 0.1) is 23.6 Å². The highest BCUT2D eigenvalue weighted by Gasteiger charge is 2.14. The molecule has 0 atom stereocenters. The second-order valence-electron chi connectivity index (χ2n) is 4.20. The van der Waals surface area contributed by atoms with Crippen molar-refractivity contribution in [2.45, 2.75) is 19.9 Å². The van der Waals surface area contributed by atoms with Gasteiger partial charge in [-0.3, -0.25) is 14.5 Å². The summed E-state index contributed by atoms with van der Waals surface area (Å²) < 4.78 is 1.80. The van der Waals surface area contributed by atoms with Gasteiger partial charge in [-0.25, -0.2) is 0 Å². The van der Waals surface area contributed by atoms with E-state index in [0.29, 0.717) is 17.8 Å². The molecule has 0 spiro atoms. The van der Waals surface area contributed by atoms with E-state index in [1.54, 1.807) is 35.4 Å². The van der Waals surface area contributed by atoms with Gasteiger partial charge in [-0.05, 0) is 32.0 Å². The second-order valence-corrected chi connectivity index (χ2v) is 4.20. The molecule has 0 aliphatic heterocycles. The van der Waals surface area contributed by atoms with Crippen molar-refractivity contribution < 1.29 is 4.79 Å². The predicted octanol–water partition coefficient (Wildman–Crippen LogP) is 1.19. The highest BCUT2D eigenvalue weighted by molar-refractivity contribution is 6.04. The van der Waals surface area contributed by atoms with E-state index in [0.717, 1.165) is 18.7 Å². The van der Waals surface area contributed by atoms with Crippen molar-refractivity contribution in [2.24, 2.45) is 5.73 Å². The highest BCUT2D eigenvalue weighted by atomic mass is 16.1. The van der Waals surface area contributed by atoms with Crippen LogP contribution in [0.25, 0.3) is 0 Å². The summed E-state index contributed by atoms with van der Waals surface area (Å²) in [6, 6.07) is 3.56. The fourth-order valence-electron chi connectivity index (χ4n) is 1.77. The number of anilines is 1. The Hall–Kier alpha value is -2.21. The average molecular weight is 259 g/mol. The van der Waals surface area contributed by atoms with E-state index in [9.17, 15) is 4.79 Å². The minimum absolute atomic E-state index is 0.176. The van der Waals surface area contributed by atoms with Crippen molar-refractivity contribution >= 4 is 11.6 Å². The predicted molar refractivity (Wildman–Crippen MR) is 72.8 cm³/mol. The molecule has 0 radical (unpaired) electrons. The average Bonchev–Trinajstić information content (AvgIpc) is 2.79. The number of amides is 1. The molecule has 6 heteroatoms. The van der Waals surface area contributed by atoms with Crippen LogP contribution in [0.1, 0.15) is 22.5 Å². The van der Waals surface area contributed by atoms with Gasteiger partial charge in [-0.1, -0.05) is 0 Å². The van der Waals surface area contributed by atoms with Crippen LogP contribution in [0.4, 0.5) is 5.69 Å². The summed E-state index contributed by atoms with van der Waals surface area (Å²) in [6.45, 7) is 3.21. The number of pyridine rings is 1. The normalized spacial score (nSPS) is 10.4. The molecule has 0 aliphatic rings. The molecule has 0 unspecified atom stereocenters. The lowest BCUT2D eigenvalue weighted by atomic mass is 10.2. The Labute approximate surface area is 111 Å². The minimum atomic E-state index is -0.176. The summed E-state index contributed by atoms with van der Waals surface area (Å²) in [7, 11) is 0. The van der Waals surface area contributed by atoms with Gasteiger partial charge >= 0.3 is 0 Å². The number of hydrogen-bond donors (Lipinski definition) is 2. The molecule has 6 nitrogen and oxygen atoms in total. The zero-order valence-electron chi connectivity index (χ0n) is 10.8. The second kappa shape index (κ2) is 6.10. The number of nitrogens with two attached hydrogens (primary N) is 1. The van der Waals surface area contributed by atoms with Gasteiger partial charge in [0.1, 0.15) is 0 Å². The van der Waals surface area contributed by atoms with Gasteiger partial charge < -0.3 is 11.1 Å². The number of aryl methyl sites for hydroxylation is 1. The van der Waals surface area contributed by atoms with E-state index in [-0.39, 0.29) is 5.91 Å². The molecule has 19 heavy (non-hydrogen) atoms. The van der Waals surface area contributed by atoms with Crippen LogP contribution >= 0.6 is 0 Å². The Morgan fingerprint density at radius 1 is 1.47 bits per heavy atom. The quantitative estimate of drug-likeness (QED) is 0.844. The lowest BCUT2D eigenvalue weighted by molar-refractivity contribution is 0.102. The van der Waals surface area contributed by atoms with E-state index < -0.39 is 0 Å². The number of nitrogens with one attached hydrogen (secondary N) is 1. The monoisotopic (exact) mass is 259 g/mol. The number of nitrogens with zero attached hydrogens (tertiary/aromatic N) is 3. The molecule has 100 valence electrons. The third-order valence-electron chi connectivity index (χ3n) is 2.84. The zero-order valence-corrected chi connectivity index (χ0v) is 10.8. The first-order chi connectivity index (χ1) is 9.22. The summed E-state index contributed by atoms with van der Waals surface area (Å²) in [5.74, 6) is -0.176. The van der Waals surface area contributed by atoms with E-state index in [4.69, 9.17) is 5.73 Å². The van der Waals surface area contributed by atoms with Crippen LogP contribution in [0.5, 0.6) is 0 Å². The lowest BCUT2D eigenvalue weighted by Crippen LogP contribution is -2.14. The molecule has 2 aromatic heterocycles. The summed E-state index contributed by atoms with van der Waals surface area (Å²) in [5, 5.41) is 6.99. The summed E-state index contributed by atoms with van der Waals surface area (Å²) in [5.41, 5.74) is 7.55. The van der Waals surface area contributed by atoms with Crippen LogP contribution in [0.3, 0.4) is 0 Å². The Morgan fingerprint density at radius 3 is 3.00 bits per heavy atom. The Balaban J connectivity index is 2.09. The molecule has 0 aromatic carbocycles. The summed E-state index contributed by atoms with van der Waals surface area (Å²) >= 11 is 0. The van der Waals surface area contributed by atoms with E-state index in [1.165, 1.54) is 0 Å². The maximum atomic E-state index is 12.1. The fraction of sp³-hybridized carbons (Fsp3) is 0.308. The van der Waals surface area contributed by atoms with Crippen LogP contribution in [0, 0.1) is 6.92 Å². The lowest BCUT2D eigenvalue weighted by Gasteiger charge is -2.05. The minimum Gasteiger partial charge on any atom is -0.330 e. The topological polar surface area (TPSA) is 85.8 Å². The highest BCUT2D eigenvalue weighted by Crippen LogP contribution is 2.11. The molecule has 0 bridgehead atoms. The Morgan fingerprint density at radius 2 is 2.32 bits per heavy atom. The van der Waals surface area contributed by atoms with Gasteiger partial charge in [-0.15, -0.1) is 0 Å². The number of carbonyl (C=O) groups excluding carboxylic acids is 1. The third kappa shape index (κ3) is 3.17. The van der Waals surface area contributed by atoms with Crippen LogP contribution in [-0.4, -0.2) is 27.2 Å². The van der Waals surface area contributed by atoms with Gasteiger partial charge in [0, 0.05) is 18.4 Å². The molecule has 0 aliphatic carbocycles. The van der Waals surface area contributed by atoms with Crippen molar-refractivity contribution in [3.05, 3.63) is 42.0 Å². The molecule has 1 amide bonds. The standard InChI is InChI=1S/C13H17N5O/c1-10-12(9-16-18(10)7-3-5-14)13(19)17-11-4-2-6-15-8-11/h2,4,6,8-9H,3,5,7,14H2,1H3,(H,17,19). The molecule has 0 saturated carbocycles. The maximum Gasteiger partial charge on any atom is 0.259 e. The van der Waals surface area contributed by atoms with Crippen molar-refractivity contribution in [1.82, 2.24) is 14.8 Å². The molecule has 2 heterocycles. The van der Waals surface area contributed by atoms with Crippen LogP contribution in [0.15, 0.2) is 30.7 Å². The van der Waals surface area contributed by atoms with Crippen LogP contribution in [-0.2, 0) is 6.54 Å². The number of rotatable bonds is 5. The van der Waals surface area contributed by atoms with Crippen molar-refractivity contribution in [2.75, 3.05) is 11.9 Å². The fourth-order valence-corrected chi connectivity index (χ4v) is 1.77. The molecular weight excluding hydrogens is 242 g/mol.